The number of nitrogens with zero attached hydrogens (tertiary/aromatic N) is 1. The van der Waals surface area contributed by atoms with Gasteiger partial charge in [-0.2, -0.15) is 0 Å². The van der Waals surface area contributed by atoms with Gasteiger partial charge >= 0.3 is 5.97 Å². The number of benzene rings is 2. The maximum Gasteiger partial charge on any atom is 0.340 e. The number of amides is 1. The molecule has 7 nitrogen and oxygen atoms in total. The third-order valence-corrected chi connectivity index (χ3v) is 3.42. The number of anilines is 1. The summed E-state index contributed by atoms with van der Waals surface area (Å²) in [5.74, 6) is -1.06. The summed E-state index contributed by atoms with van der Waals surface area (Å²) in [4.78, 5) is 34.4. The van der Waals surface area contributed by atoms with Gasteiger partial charge in [0, 0.05) is 18.1 Å². The molecular weight excluding hydrogens is 324 g/mol. The summed E-state index contributed by atoms with van der Waals surface area (Å²) in [6.07, 6.45) is 0. The number of ether oxygens (including phenoxy) is 1. The van der Waals surface area contributed by atoms with Gasteiger partial charge in [-0.15, -0.1) is 0 Å². The molecule has 0 aliphatic rings. The largest absolute Gasteiger partial charge is 0.457 e. The Labute approximate surface area is 144 Å². The van der Waals surface area contributed by atoms with Crippen molar-refractivity contribution in [1.82, 2.24) is 0 Å². The lowest BCUT2D eigenvalue weighted by Gasteiger charge is -2.12. The van der Waals surface area contributed by atoms with Crippen LogP contribution in [0.3, 0.4) is 0 Å². The summed E-state index contributed by atoms with van der Waals surface area (Å²) in [5.41, 5.74) is 1.02. The number of esters is 1. The molecule has 25 heavy (non-hydrogen) atoms. The fourth-order valence-electron chi connectivity index (χ4n) is 2.03. The standard InChI is InChI=1S/C18H18N2O5/c1-12(2)17(21)19-16-9-4-3-8-15(16)18(22)25-11-13-6-5-7-14(10-13)20(23)24/h3-10,12H,11H2,1-2H3,(H,19,21). The molecule has 130 valence electrons. The maximum absolute atomic E-state index is 12.3. The highest BCUT2D eigenvalue weighted by Gasteiger charge is 2.16. The van der Waals surface area contributed by atoms with Crippen LogP contribution in [0.2, 0.25) is 0 Å². The van der Waals surface area contributed by atoms with E-state index < -0.39 is 10.9 Å². The second kappa shape index (κ2) is 8.05. The summed E-state index contributed by atoms with van der Waals surface area (Å²) in [5, 5.41) is 13.5. The van der Waals surface area contributed by atoms with Crippen molar-refractivity contribution in [1.29, 1.82) is 0 Å². The number of nitro groups is 1. The molecule has 2 aromatic rings. The van der Waals surface area contributed by atoms with E-state index in [0.717, 1.165) is 0 Å². The Morgan fingerprint density at radius 1 is 1.16 bits per heavy atom. The van der Waals surface area contributed by atoms with Crippen LogP contribution >= 0.6 is 0 Å². The predicted molar refractivity (Wildman–Crippen MR) is 92.1 cm³/mol. The average molecular weight is 342 g/mol. The molecule has 0 heterocycles. The summed E-state index contributed by atoms with van der Waals surface area (Å²) < 4.78 is 5.22. The Morgan fingerprint density at radius 2 is 1.88 bits per heavy atom. The molecule has 0 atom stereocenters. The lowest BCUT2D eigenvalue weighted by molar-refractivity contribution is -0.384. The van der Waals surface area contributed by atoms with Gasteiger partial charge in [-0.1, -0.05) is 38.1 Å². The number of non-ortho nitro benzene ring substituents is 1. The molecule has 0 saturated heterocycles. The Balaban J connectivity index is 2.10. The maximum atomic E-state index is 12.3. The zero-order valence-corrected chi connectivity index (χ0v) is 13.9. The van der Waals surface area contributed by atoms with Crippen molar-refractivity contribution in [3.63, 3.8) is 0 Å². The molecule has 0 aliphatic carbocycles. The molecule has 7 heteroatoms. The van der Waals surface area contributed by atoms with Crippen LogP contribution in [0.1, 0.15) is 29.8 Å². The van der Waals surface area contributed by atoms with E-state index in [1.165, 1.54) is 18.2 Å². The normalized spacial score (nSPS) is 10.4. The van der Waals surface area contributed by atoms with Crippen LogP contribution in [0, 0.1) is 16.0 Å². The molecule has 0 aromatic heterocycles. The van der Waals surface area contributed by atoms with Gasteiger partial charge in [0.2, 0.25) is 5.91 Å². The van der Waals surface area contributed by atoms with E-state index in [-0.39, 0.29) is 29.7 Å². The van der Waals surface area contributed by atoms with Crippen molar-refractivity contribution in [2.24, 2.45) is 5.92 Å². The topological polar surface area (TPSA) is 98.5 Å². The number of hydrogen-bond donors (Lipinski definition) is 1. The van der Waals surface area contributed by atoms with E-state index in [9.17, 15) is 19.7 Å². The molecule has 0 fully saturated rings. The van der Waals surface area contributed by atoms with Gasteiger partial charge in [0.05, 0.1) is 16.2 Å². The van der Waals surface area contributed by atoms with E-state index in [1.807, 2.05) is 0 Å². The minimum absolute atomic E-state index is 0.0712. The van der Waals surface area contributed by atoms with Crippen molar-refractivity contribution in [2.75, 3.05) is 5.32 Å². The molecule has 0 saturated carbocycles. The van der Waals surface area contributed by atoms with Crippen molar-refractivity contribution in [3.05, 3.63) is 69.8 Å². The van der Waals surface area contributed by atoms with Gasteiger partial charge in [-0.05, 0) is 17.7 Å². The lowest BCUT2D eigenvalue weighted by Crippen LogP contribution is -2.20. The lowest BCUT2D eigenvalue weighted by atomic mass is 10.1. The number of nitrogens with one attached hydrogen (secondary N) is 1. The fourth-order valence-corrected chi connectivity index (χ4v) is 2.03. The molecule has 0 radical (unpaired) electrons. The van der Waals surface area contributed by atoms with Crippen LogP contribution in [0.25, 0.3) is 0 Å². The summed E-state index contributed by atoms with van der Waals surface area (Å²) >= 11 is 0. The van der Waals surface area contributed by atoms with Crippen LogP contribution in [0.15, 0.2) is 48.5 Å². The van der Waals surface area contributed by atoms with E-state index >= 15 is 0 Å². The molecule has 2 aromatic carbocycles. The first-order chi connectivity index (χ1) is 11.9. The molecule has 0 bridgehead atoms. The van der Waals surface area contributed by atoms with Crippen molar-refractivity contribution in [3.8, 4) is 0 Å². The average Bonchev–Trinajstić information content (AvgIpc) is 2.60. The van der Waals surface area contributed by atoms with Crippen LogP contribution < -0.4 is 5.32 Å². The molecule has 2 rings (SSSR count). The van der Waals surface area contributed by atoms with Crippen molar-refractivity contribution < 1.29 is 19.2 Å². The van der Waals surface area contributed by atoms with Gasteiger partial charge in [0.1, 0.15) is 6.61 Å². The van der Waals surface area contributed by atoms with Crippen LogP contribution in [-0.2, 0) is 16.1 Å². The fraction of sp³-hybridized carbons (Fsp3) is 0.222. The highest BCUT2D eigenvalue weighted by atomic mass is 16.6. The summed E-state index contributed by atoms with van der Waals surface area (Å²) in [6, 6.07) is 12.4. The second-order valence-electron chi connectivity index (χ2n) is 5.69. The number of carbonyl (C=O) groups excluding carboxylic acids is 2. The SMILES string of the molecule is CC(C)C(=O)Nc1ccccc1C(=O)OCc1cccc([N+](=O)[O-])c1. The second-order valence-corrected chi connectivity index (χ2v) is 5.69. The van der Waals surface area contributed by atoms with Crippen molar-refractivity contribution in [2.45, 2.75) is 20.5 Å². The predicted octanol–water partition coefficient (Wildman–Crippen LogP) is 3.55. The van der Waals surface area contributed by atoms with Gasteiger partial charge in [-0.25, -0.2) is 4.79 Å². The van der Waals surface area contributed by atoms with E-state index in [1.54, 1.807) is 44.2 Å². The van der Waals surface area contributed by atoms with E-state index in [2.05, 4.69) is 5.32 Å². The van der Waals surface area contributed by atoms with Gasteiger partial charge < -0.3 is 10.1 Å². The van der Waals surface area contributed by atoms with Crippen LogP contribution in [-0.4, -0.2) is 16.8 Å². The highest BCUT2D eigenvalue weighted by molar-refractivity contribution is 6.01. The minimum Gasteiger partial charge on any atom is -0.457 e. The number of carbonyl (C=O) groups is 2. The molecule has 1 amide bonds. The first-order valence-electron chi connectivity index (χ1n) is 7.69. The molecule has 0 aliphatic heterocycles. The summed E-state index contributed by atoms with van der Waals surface area (Å²) in [7, 11) is 0. The Bertz CT molecular complexity index is 802. The Kier molecular flexibility index (Phi) is 5.84. The number of nitro benzene ring substituents is 1. The van der Waals surface area contributed by atoms with E-state index in [4.69, 9.17) is 4.74 Å². The first kappa shape index (κ1) is 18.1. The zero-order chi connectivity index (χ0) is 18.4. The number of hydrogen-bond acceptors (Lipinski definition) is 5. The van der Waals surface area contributed by atoms with Gasteiger partial charge in [0.25, 0.3) is 5.69 Å². The Morgan fingerprint density at radius 3 is 2.56 bits per heavy atom. The van der Waals surface area contributed by atoms with E-state index in [0.29, 0.717) is 11.3 Å². The third-order valence-electron chi connectivity index (χ3n) is 3.42. The smallest absolute Gasteiger partial charge is 0.340 e. The first-order valence-corrected chi connectivity index (χ1v) is 7.69. The Hall–Kier alpha value is -3.22. The van der Waals surface area contributed by atoms with Crippen LogP contribution in [0.4, 0.5) is 11.4 Å². The van der Waals surface area contributed by atoms with Gasteiger partial charge in [-0.3, -0.25) is 14.9 Å². The van der Waals surface area contributed by atoms with Crippen LogP contribution in [0.5, 0.6) is 0 Å². The molecule has 0 unspecified atom stereocenters. The third kappa shape index (κ3) is 4.87. The molecular formula is C18H18N2O5. The zero-order valence-electron chi connectivity index (χ0n) is 13.9. The molecule has 1 N–H and O–H groups in total. The molecule has 0 spiro atoms. The number of para-hydroxylation sites is 1. The van der Waals surface area contributed by atoms with Crippen molar-refractivity contribution >= 4 is 23.3 Å². The highest BCUT2D eigenvalue weighted by Crippen LogP contribution is 2.19. The quantitative estimate of drug-likeness (QED) is 0.492. The summed E-state index contributed by atoms with van der Waals surface area (Å²) in [6.45, 7) is 3.39. The number of rotatable bonds is 6. The van der Waals surface area contributed by atoms with Gasteiger partial charge in [0.15, 0.2) is 0 Å². The monoisotopic (exact) mass is 342 g/mol. The minimum atomic E-state index is -0.619.